The van der Waals surface area contributed by atoms with E-state index in [4.69, 9.17) is 16.3 Å². The maximum Gasteiger partial charge on any atom is 0.252 e. The molecule has 0 aliphatic heterocycles. The summed E-state index contributed by atoms with van der Waals surface area (Å²) in [7, 11) is -3.39. The van der Waals surface area contributed by atoms with Gasteiger partial charge in [0.25, 0.3) is 5.91 Å². The Morgan fingerprint density at radius 2 is 1.85 bits per heavy atom. The van der Waals surface area contributed by atoms with Crippen molar-refractivity contribution in [2.45, 2.75) is 19.8 Å². The number of hydrogen-bond acceptors (Lipinski definition) is 4. The Morgan fingerprint density at radius 1 is 1.15 bits per heavy atom. The van der Waals surface area contributed by atoms with Crippen LogP contribution in [0.2, 0.25) is 5.02 Å². The number of halogens is 1. The van der Waals surface area contributed by atoms with Gasteiger partial charge in [-0.05, 0) is 55.7 Å². The van der Waals surface area contributed by atoms with E-state index < -0.39 is 10.0 Å². The van der Waals surface area contributed by atoms with Crippen molar-refractivity contribution in [2.75, 3.05) is 24.1 Å². The fraction of sp³-hybridized carbons (Fsp3) is 0.316. The van der Waals surface area contributed by atoms with Crippen LogP contribution in [0, 0.1) is 0 Å². The second kappa shape index (κ2) is 9.62. The fourth-order valence-electron chi connectivity index (χ4n) is 2.49. The van der Waals surface area contributed by atoms with Gasteiger partial charge < -0.3 is 10.1 Å². The van der Waals surface area contributed by atoms with E-state index in [0.29, 0.717) is 24.4 Å². The first-order chi connectivity index (χ1) is 12.8. The summed E-state index contributed by atoms with van der Waals surface area (Å²) in [6.07, 6.45) is 2.66. The largest absolute Gasteiger partial charge is 0.494 e. The van der Waals surface area contributed by atoms with Crippen LogP contribution in [-0.2, 0) is 16.4 Å². The van der Waals surface area contributed by atoms with Gasteiger partial charge in [0.15, 0.2) is 0 Å². The first-order valence-electron chi connectivity index (χ1n) is 8.56. The number of sulfonamides is 1. The van der Waals surface area contributed by atoms with E-state index in [1.54, 1.807) is 0 Å². The number of benzene rings is 2. The maximum absolute atomic E-state index is 12.2. The maximum atomic E-state index is 12.2. The van der Waals surface area contributed by atoms with Gasteiger partial charge in [-0.25, -0.2) is 8.42 Å². The van der Waals surface area contributed by atoms with Crippen LogP contribution in [0.4, 0.5) is 5.69 Å². The molecule has 2 aromatic rings. The lowest BCUT2D eigenvalue weighted by atomic mass is 10.1. The minimum absolute atomic E-state index is 0.188. The van der Waals surface area contributed by atoms with E-state index in [1.165, 1.54) is 23.8 Å². The molecule has 0 aliphatic rings. The number of carbonyl (C=O) groups excluding carboxylic acids is 1. The van der Waals surface area contributed by atoms with Crippen molar-refractivity contribution < 1.29 is 17.9 Å². The summed E-state index contributed by atoms with van der Waals surface area (Å²) in [5.41, 5.74) is 1.79. The van der Waals surface area contributed by atoms with Gasteiger partial charge in [-0.2, -0.15) is 0 Å². The molecular weight excluding hydrogens is 388 g/mol. The fourth-order valence-corrected chi connectivity index (χ4v) is 3.31. The van der Waals surface area contributed by atoms with Crippen LogP contribution in [0.15, 0.2) is 42.5 Å². The molecule has 0 bridgehead atoms. The van der Waals surface area contributed by atoms with Crippen LogP contribution in [-0.4, -0.2) is 33.7 Å². The first-order valence-corrected chi connectivity index (χ1v) is 10.8. The number of hydrogen-bond donors (Lipinski definition) is 2. The Balaban J connectivity index is 1.83. The van der Waals surface area contributed by atoms with Gasteiger partial charge in [0, 0.05) is 12.2 Å². The number of ether oxygens (including phenoxy) is 1. The van der Waals surface area contributed by atoms with Gasteiger partial charge in [-0.3, -0.25) is 9.52 Å². The summed E-state index contributed by atoms with van der Waals surface area (Å²) in [5, 5.41) is 3.01. The van der Waals surface area contributed by atoms with Crippen molar-refractivity contribution in [3.63, 3.8) is 0 Å². The molecule has 0 aliphatic carbocycles. The van der Waals surface area contributed by atoms with E-state index in [1.807, 2.05) is 31.2 Å². The first kappa shape index (κ1) is 21.1. The van der Waals surface area contributed by atoms with Crippen molar-refractivity contribution in [1.82, 2.24) is 5.32 Å². The summed E-state index contributed by atoms with van der Waals surface area (Å²) < 4.78 is 30.2. The smallest absolute Gasteiger partial charge is 0.252 e. The lowest BCUT2D eigenvalue weighted by Crippen LogP contribution is -2.25. The van der Waals surface area contributed by atoms with E-state index in [9.17, 15) is 13.2 Å². The molecular formula is C19H23ClN2O4S. The third-order valence-corrected chi connectivity index (χ3v) is 4.60. The van der Waals surface area contributed by atoms with Crippen LogP contribution >= 0.6 is 11.6 Å². The highest BCUT2D eigenvalue weighted by molar-refractivity contribution is 7.92. The van der Waals surface area contributed by atoms with Gasteiger partial charge in [-0.1, -0.05) is 23.7 Å². The minimum atomic E-state index is -3.39. The topological polar surface area (TPSA) is 84.5 Å². The summed E-state index contributed by atoms with van der Waals surface area (Å²) >= 11 is 6.09. The van der Waals surface area contributed by atoms with Crippen molar-refractivity contribution in [1.29, 1.82) is 0 Å². The normalized spacial score (nSPS) is 11.1. The third-order valence-electron chi connectivity index (χ3n) is 3.68. The van der Waals surface area contributed by atoms with Crippen LogP contribution in [0.25, 0.3) is 0 Å². The Kier molecular flexibility index (Phi) is 7.50. The standard InChI is InChI=1S/C19H23ClN2O4S/c1-3-26-16-9-6-14(7-10-16)5-4-12-21-19(23)17-11-8-15(13-18(17)20)22-27(2,24)25/h6-11,13,22H,3-5,12H2,1-2H3,(H,21,23). The Bertz CT molecular complexity index is 883. The molecule has 8 heteroatoms. The SMILES string of the molecule is CCOc1ccc(CCCNC(=O)c2ccc(NS(C)(=O)=O)cc2Cl)cc1. The molecule has 0 fully saturated rings. The molecule has 0 saturated carbocycles. The van der Waals surface area contributed by atoms with Crippen LogP contribution < -0.4 is 14.8 Å². The zero-order valence-electron chi connectivity index (χ0n) is 15.3. The molecule has 2 rings (SSSR count). The lowest BCUT2D eigenvalue weighted by molar-refractivity contribution is 0.0953. The van der Waals surface area contributed by atoms with Gasteiger partial charge in [0.05, 0.1) is 23.4 Å². The van der Waals surface area contributed by atoms with E-state index in [0.717, 1.165) is 24.8 Å². The predicted molar refractivity (Wildman–Crippen MR) is 108 cm³/mol. The molecule has 0 radical (unpaired) electrons. The monoisotopic (exact) mass is 410 g/mol. The third kappa shape index (κ3) is 7.11. The molecule has 1 amide bonds. The van der Waals surface area contributed by atoms with E-state index in [2.05, 4.69) is 10.0 Å². The average molecular weight is 411 g/mol. The number of aryl methyl sites for hydroxylation is 1. The Labute approximate surface area is 164 Å². The average Bonchev–Trinajstić information content (AvgIpc) is 2.59. The molecule has 0 aromatic heterocycles. The molecule has 146 valence electrons. The highest BCUT2D eigenvalue weighted by Gasteiger charge is 2.11. The summed E-state index contributed by atoms with van der Waals surface area (Å²) in [5.74, 6) is 0.551. The van der Waals surface area contributed by atoms with E-state index in [-0.39, 0.29) is 10.9 Å². The number of amides is 1. The van der Waals surface area contributed by atoms with Crippen molar-refractivity contribution in [2.24, 2.45) is 0 Å². The number of rotatable bonds is 9. The van der Waals surface area contributed by atoms with Gasteiger partial charge >= 0.3 is 0 Å². The highest BCUT2D eigenvalue weighted by atomic mass is 35.5. The van der Waals surface area contributed by atoms with Crippen molar-refractivity contribution in [3.8, 4) is 5.75 Å². The Hall–Kier alpha value is -2.25. The van der Waals surface area contributed by atoms with Crippen LogP contribution in [0.5, 0.6) is 5.75 Å². The van der Waals surface area contributed by atoms with Crippen LogP contribution in [0.3, 0.4) is 0 Å². The molecule has 6 nitrogen and oxygen atoms in total. The second-order valence-corrected chi connectivity index (χ2v) is 8.16. The predicted octanol–water partition coefficient (Wildman–Crippen LogP) is 3.47. The van der Waals surface area contributed by atoms with E-state index >= 15 is 0 Å². The number of anilines is 1. The van der Waals surface area contributed by atoms with Crippen molar-refractivity contribution in [3.05, 3.63) is 58.6 Å². The molecule has 0 heterocycles. The Morgan fingerprint density at radius 3 is 2.44 bits per heavy atom. The molecule has 0 saturated heterocycles. The van der Waals surface area contributed by atoms with Crippen molar-refractivity contribution >= 4 is 33.2 Å². The summed E-state index contributed by atoms with van der Waals surface area (Å²) in [6.45, 7) is 3.09. The summed E-state index contributed by atoms with van der Waals surface area (Å²) in [6, 6.07) is 12.3. The quantitative estimate of drug-likeness (QED) is 0.620. The second-order valence-electron chi connectivity index (χ2n) is 6.01. The zero-order valence-corrected chi connectivity index (χ0v) is 16.9. The molecule has 27 heavy (non-hydrogen) atoms. The minimum Gasteiger partial charge on any atom is -0.494 e. The van der Waals surface area contributed by atoms with Crippen LogP contribution in [0.1, 0.15) is 29.3 Å². The number of carbonyl (C=O) groups is 1. The van der Waals surface area contributed by atoms with Gasteiger partial charge in [0.1, 0.15) is 5.75 Å². The summed E-state index contributed by atoms with van der Waals surface area (Å²) in [4.78, 5) is 12.2. The lowest BCUT2D eigenvalue weighted by Gasteiger charge is -2.09. The highest BCUT2D eigenvalue weighted by Crippen LogP contribution is 2.21. The molecule has 2 N–H and O–H groups in total. The van der Waals surface area contributed by atoms with Gasteiger partial charge in [-0.15, -0.1) is 0 Å². The number of nitrogens with one attached hydrogen (secondary N) is 2. The molecule has 0 spiro atoms. The molecule has 0 unspecified atom stereocenters. The molecule has 0 atom stereocenters. The van der Waals surface area contributed by atoms with Gasteiger partial charge in [0.2, 0.25) is 10.0 Å². The molecule has 2 aromatic carbocycles. The zero-order chi connectivity index (χ0) is 19.9.